The van der Waals surface area contributed by atoms with Gasteiger partial charge in [-0.25, -0.2) is 4.79 Å². The molecule has 5 heteroatoms. The molecule has 0 aromatic heterocycles. The minimum atomic E-state index is -0.519. The summed E-state index contributed by atoms with van der Waals surface area (Å²) in [6.07, 6.45) is 0. The Morgan fingerprint density at radius 2 is 1.90 bits per heavy atom. The molecule has 0 radical (unpaired) electrons. The highest BCUT2D eigenvalue weighted by molar-refractivity contribution is 5.95. The summed E-state index contributed by atoms with van der Waals surface area (Å²) in [5.41, 5.74) is 7.12. The summed E-state index contributed by atoms with van der Waals surface area (Å²) in [7, 11) is 1.51. The van der Waals surface area contributed by atoms with Crippen LogP contribution in [-0.4, -0.2) is 18.2 Å². The summed E-state index contributed by atoms with van der Waals surface area (Å²) in [5, 5.41) is 9.17. The SMILES string of the molecule is COc1ccc(N)c(C(=O)OCc2ccc(O)cc2)c1. The summed E-state index contributed by atoms with van der Waals surface area (Å²) in [6.45, 7) is 0.107. The minimum Gasteiger partial charge on any atom is -0.508 e. The van der Waals surface area contributed by atoms with Gasteiger partial charge in [0.05, 0.1) is 12.7 Å². The number of nitrogen functional groups attached to an aromatic ring is 1. The first kappa shape index (κ1) is 13.7. The van der Waals surface area contributed by atoms with Gasteiger partial charge in [0.2, 0.25) is 0 Å². The van der Waals surface area contributed by atoms with Crippen LogP contribution in [0.2, 0.25) is 0 Å². The van der Waals surface area contributed by atoms with Gasteiger partial charge in [0.25, 0.3) is 0 Å². The number of anilines is 1. The molecule has 0 bridgehead atoms. The van der Waals surface area contributed by atoms with E-state index in [-0.39, 0.29) is 17.9 Å². The quantitative estimate of drug-likeness (QED) is 0.660. The predicted molar refractivity (Wildman–Crippen MR) is 74.6 cm³/mol. The lowest BCUT2D eigenvalue weighted by molar-refractivity contribution is 0.0473. The molecule has 0 fully saturated rings. The summed E-state index contributed by atoms with van der Waals surface area (Å²) < 4.78 is 10.2. The normalized spacial score (nSPS) is 10.1. The molecular weight excluding hydrogens is 258 g/mol. The Hall–Kier alpha value is -2.69. The van der Waals surface area contributed by atoms with Gasteiger partial charge in [-0.05, 0) is 35.9 Å². The minimum absolute atomic E-state index is 0.107. The van der Waals surface area contributed by atoms with Crippen molar-refractivity contribution in [3.05, 3.63) is 53.6 Å². The summed E-state index contributed by atoms with van der Waals surface area (Å²) in [6, 6.07) is 11.2. The van der Waals surface area contributed by atoms with Gasteiger partial charge in [-0.3, -0.25) is 0 Å². The Bertz CT molecular complexity index is 608. The third-order valence-electron chi connectivity index (χ3n) is 2.79. The maximum absolute atomic E-state index is 12.0. The first-order valence-corrected chi connectivity index (χ1v) is 5.98. The second-order valence-electron chi connectivity index (χ2n) is 4.20. The lowest BCUT2D eigenvalue weighted by Crippen LogP contribution is -2.08. The molecule has 0 aliphatic heterocycles. The predicted octanol–water partition coefficient (Wildman–Crippen LogP) is 2.34. The van der Waals surface area contributed by atoms with Crippen LogP contribution in [0.1, 0.15) is 15.9 Å². The van der Waals surface area contributed by atoms with Gasteiger partial charge in [-0.2, -0.15) is 0 Å². The van der Waals surface area contributed by atoms with E-state index in [0.717, 1.165) is 5.56 Å². The molecule has 3 N–H and O–H groups in total. The van der Waals surface area contributed by atoms with Crippen LogP contribution in [0.25, 0.3) is 0 Å². The number of phenolic OH excluding ortho intramolecular Hbond substituents is 1. The van der Waals surface area contributed by atoms with E-state index < -0.39 is 5.97 Å². The number of nitrogens with two attached hydrogens (primary N) is 1. The monoisotopic (exact) mass is 273 g/mol. The van der Waals surface area contributed by atoms with Gasteiger partial charge >= 0.3 is 5.97 Å². The molecule has 0 heterocycles. The van der Waals surface area contributed by atoms with Crippen molar-refractivity contribution in [1.29, 1.82) is 0 Å². The molecular formula is C15H15NO4. The molecule has 5 nitrogen and oxygen atoms in total. The van der Waals surface area contributed by atoms with E-state index in [1.54, 1.807) is 24.3 Å². The average molecular weight is 273 g/mol. The van der Waals surface area contributed by atoms with E-state index in [4.69, 9.17) is 20.3 Å². The number of ether oxygens (including phenoxy) is 2. The Morgan fingerprint density at radius 1 is 1.20 bits per heavy atom. The average Bonchev–Trinajstić information content (AvgIpc) is 2.47. The Kier molecular flexibility index (Phi) is 4.10. The molecule has 2 rings (SSSR count). The largest absolute Gasteiger partial charge is 0.508 e. The fraction of sp³-hybridized carbons (Fsp3) is 0.133. The smallest absolute Gasteiger partial charge is 0.340 e. The Balaban J connectivity index is 2.06. The zero-order valence-electron chi connectivity index (χ0n) is 11.0. The maximum Gasteiger partial charge on any atom is 0.340 e. The van der Waals surface area contributed by atoms with Crippen molar-refractivity contribution >= 4 is 11.7 Å². The third-order valence-corrected chi connectivity index (χ3v) is 2.79. The van der Waals surface area contributed by atoms with Crippen LogP contribution in [0, 0.1) is 0 Å². The molecule has 0 saturated carbocycles. The van der Waals surface area contributed by atoms with Crippen LogP contribution in [0.3, 0.4) is 0 Å². The van der Waals surface area contributed by atoms with Crippen molar-refractivity contribution in [1.82, 2.24) is 0 Å². The number of phenols is 1. The van der Waals surface area contributed by atoms with E-state index in [0.29, 0.717) is 11.4 Å². The van der Waals surface area contributed by atoms with Crippen LogP contribution in [0.4, 0.5) is 5.69 Å². The van der Waals surface area contributed by atoms with Gasteiger partial charge in [0.1, 0.15) is 18.1 Å². The van der Waals surface area contributed by atoms with Crippen molar-refractivity contribution in [2.24, 2.45) is 0 Å². The highest BCUT2D eigenvalue weighted by Crippen LogP contribution is 2.21. The second-order valence-corrected chi connectivity index (χ2v) is 4.20. The first-order valence-electron chi connectivity index (χ1n) is 5.98. The molecule has 2 aromatic rings. The number of rotatable bonds is 4. The maximum atomic E-state index is 12.0. The molecule has 0 unspecified atom stereocenters. The van der Waals surface area contributed by atoms with Crippen molar-refractivity contribution in [2.75, 3.05) is 12.8 Å². The molecule has 0 aliphatic rings. The van der Waals surface area contributed by atoms with E-state index in [1.807, 2.05) is 0 Å². The summed E-state index contributed by atoms with van der Waals surface area (Å²) in [4.78, 5) is 12.0. The van der Waals surface area contributed by atoms with Crippen molar-refractivity contribution in [3.8, 4) is 11.5 Å². The van der Waals surface area contributed by atoms with Crippen molar-refractivity contribution in [2.45, 2.75) is 6.61 Å². The van der Waals surface area contributed by atoms with Crippen LogP contribution in [-0.2, 0) is 11.3 Å². The number of benzene rings is 2. The molecule has 0 aliphatic carbocycles. The molecule has 104 valence electrons. The number of aromatic hydroxyl groups is 1. The molecule has 0 spiro atoms. The molecule has 0 atom stereocenters. The van der Waals surface area contributed by atoms with Gasteiger partial charge in [-0.1, -0.05) is 12.1 Å². The highest BCUT2D eigenvalue weighted by atomic mass is 16.5. The molecule has 20 heavy (non-hydrogen) atoms. The van der Waals surface area contributed by atoms with Crippen molar-refractivity contribution in [3.63, 3.8) is 0 Å². The first-order chi connectivity index (χ1) is 9.60. The number of hydrogen-bond donors (Lipinski definition) is 2. The van der Waals surface area contributed by atoms with Gasteiger partial charge in [0.15, 0.2) is 0 Å². The topological polar surface area (TPSA) is 81.8 Å². The Morgan fingerprint density at radius 3 is 2.55 bits per heavy atom. The second kappa shape index (κ2) is 5.97. The zero-order valence-corrected chi connectivity index (χ0v) is 11.0. The number of carbonyl (C=O) groups excluding carboxylic acids is 1. The third kappa shape index (κ3) is 3.20. The number of hydrogen-bond acceptors (Lipinski definition) is 5. The van der Waals surface area contributed by atoms with E-state index in [9.17, 15) is 4.79 Å². The van der Waals surface area contributed by atoms with E-state index >= 15 is 0 Å². The molecule has 2 aromatic carbocycles. The number of methoxy groups -OCH3 is 1. The fourth-order valence-electron chi connectivity index (χ4n) is 1.66. The van der Waals surface area contributed by atoms with E-state index in [1.165, 1.54) is 25.3 Å². The number of esters is 1. The lowest BCUT2D eigenvalue weighted by Gasteiger charge is -2.09. The van der Waals surface area contributed by atoms with Gasteiger partial charge in [-0.15, -0.1) is 0 Å². The highest BCUT2D eigenvalue weighted by Gasteiger charge is 2.12. The lowest BCUT2D eigenvalue weighted by atomic mass is 10.1. The van der Waals surface area contributed by atoms with E-state index in [2.05, 4.69) is 0 Å². The van der Waals surface area contributed by atoms with Crippen LogP contribution in [0.5, 0.6) is 11.5 Å². The van der Waals surface area contributed by atoms with Crippen molar-refractivity contribution < 1.29 is 19.4 Å². The van der Waals surface area contributed by atoms with Gasteiger partial charge in [0, 0.05) is 5.69 Å². The summed E-state index contributed by atoms with van der Waals surface area (Å²) >= 11 is 0. The fourth-order valence-corrected chi connectivity index (χ4v) is 1.66. The summed E-state index contributed by atoms with van der Waals surface area (Å²) in [5.74, 6) is 0.183. The van der Waals surface area contributed by atoms with Crippen LogP contribution in [0.15, 0.2) is 42.5 Å². The molecule has 0 saturated heterocycles. The number of carbonyl (C=O) groups is 1. The van der Waals surface area contributed by atoms with Gasteiger partial charge < -0.3 is 20.3 Å². The Labute approximate surface area is 116 Å². The molecule has 0 amide bonds. The zero-order chi connectivity index (χ0) is 14.5. The van der Waals surface area contributed by atoms with Crippen LogP contribution < -0.4 is 10.5 Å². The standard InChI is InChI=1S/C15H15NO4/c1-19-12-6-7-14(16)13(8-12)15(18)20-9-10-2-4-11(17)5-3-10/h2-8,17H,9,16H2,1H3. The van der Waals surface area contributed by atoms with Crippen LogP contribution >= 0.6 is 0 Å².